The van der Waals surface area contributed by atoms with Crippen molar-refractivity contribution in [3.63, 3.8) is 0 Å². The van der Waals surface area contributed by atoms with Crippen molar-refractivity contribution in [2.45, 2.75) is 37.3 Å². The molecule has 18 heavy (non-hydrogen) atoms. The third kappa shape index (κ3) is 3.57. The minimum atomic E-state index is -0.314. The second kappa shape index (κ2) is 5.42. The van der Waals surface area contributed by atoms with Crippen LogP contribution in [0.3, 0.4) is 0 Å². The lowest BCUT2D eigenvalue weighted by molar-refractivity contribution is 0.364. The molecule has 98 valence electrons. The summed E-state index contributed by atoms with van der Waals surface area (Å²) in [5.74, 6) is 1.93. The molecule has 0 bridgehead atoms. The molecule has 0 fully saturated rings. The molecule has 0 aliphatic rings. The van der Waals surface area contributed by atoms with Gasteiger partial charge in [0.1, 0.15) is 6.04 Å². The summed E-state index contributed by atoms with van der Waals surface area (Å²) in [5.41, 5.74) is 6.06. The smallest absolute Gasteiger partial charge is 0.249 e. The molecule has 2 aromatic heterocycles. The maximum Gasteiger partial charge on any atom is 0.249 e. The van der Waals surface area contributed by atoms with E-state index in [1.165, 1.54) is 0 Å². The highest BCUT2D eigenvalue weighted by atomic mass is 32.2. The van der Waals surface area contributed by atoms with E-state index in [0.717, 1.165) is 10.6 Å². The van der Waals surface area contributed by atoms with E-state index >= 15 is 0 Å². The van der Waals surface area contributed by atoms with Gasteiger partial charge in [-0.05, 0) is 11.4 Å². The van der Waals surface area contributed by atoms with Crippen molar-refractivity contribution in [2.75, 3.05) is 0 Å². The molecular formula is C12H17N3OS2. The van der Waals surface area contributed by atoms with Crippen LogP contribution in [-0.2, 0) is 5.75 Å². The molecule has 2 aromatic rings. The van der Waals surface area contributed by atoms with Gasteiger partial charge in [-0.1, -0.05) is 32.0 Å². The molecule has 2 rings (SSSR count). The molecule has 0 aliphatic carbocycles. The van der Waals surface area contributed by atoms with E-state index in [2.05, 4.69) is 30.9 Å². The second-order valence-electron chi connectivity index (χ2n) is 4.94. The standard InChI is InChI=1S/C12H17N3OS2/c1-12(2,3)18-7-9-14-11(16-15-9)10(13)8-5-4-6-17-8/h4-6,10H,7,13H2,1-3H3. The predicted molar refractivity (Wildman–Crippen MR) is 75.7 cm³/mol. The van der Waals surface area contributed by atoms with E-state index in [4.69, 9.17) is 10.3 Å². The lowest BCUT2D eigenvalue weighted by Crippen LogP contribution is -2.11. The zero-order valence-electron chi connectivity index (χ0n) is 10.7. The van der Waals surface area contributed by atoms with Crippen LogP contribution in [0.4, 0.5) is 0 Å². The molecule has 4 nitrogen and oxygen atoms in total. The summed E-state index contributed by atoms with van der Waals surface area (Å²) < 4.78 is 5.41. The zero-order chi connectivity index (χ0) is 13.2. The number of thiophene rings is 1. The molecule has 0 aliphatic heterocycles. The Morgan fingerprint density at radius 2 is 2.28 bits per heavy atom. The van der Waals surface area contributed by atoms with Crippen molar-refractivity contribution >= 4 is 23.1 Å². The van der Waals surface area contributed by atoms with Crippen LogP contribution < -0.4 is 5.73 Å². The van der Waals surface area contributed by atoms with Crippen LogP contribution in [-0.4, -0.2) is 14.9 Å². The van der Waals surface area contributed by atoms with Crippen LogP contribution >= 0.6 is 23.1 Å². The number of hydrogen-bond acceptors (Lipinski definition) is 6. The van der Waals surface area contributed by atoms with Crippen LogP contribution in [0.1, 0.15) is 43.4 Å². The molecule has 2 heterocycles. The van der Waals surface area contributed by atoms with E-state index in [1.807, 2.05) is 17.5 Å². The van der Waals surface area contributed by atoms with Gasteiger partial charge >= 0.3 is 0 Å². The summed E-state index contributed by atoms with van der Waals surface area (Å²) in [4.78, 5) is 5.39. The average Bonchev–Trinajstić information content (AvgIpc) is 2.96. The maximum atomic E-state index is 6.06. The van der Waals surface area contributed by atoms with Crippen molar-refractivity contribution in [2.24, 2.45) is 5.73 Å². The fourth-order valence-electron chi connectivity index (χ4n) is 1.32. The lowest BCUT2D eigenvalue weighted by atomic mass is 10.2. The Morgan fingerprint density at radius 1 is 1.50 bits per heavy atom. The van der Waals surface area contributed by atoms with E-state index in [9.17, 15) is 0 Å². The first-order chi connectivity index (χ1) is 8.46. The Balaban J connectivity index is 2.02. The fourth-order valence-corrected chi connectivity index (χ4v) is 2.72. The Labute approximate surface area is 115 Å². The van der Waals surface area contributed by atoms with Crippen LogP contribution in [0.25, 0.3) is 0 Å². The molecule has 0 spiro atoms. The predicted octanol–water partition coefficient (Wildman–Crippen LogP) is 3.21. The molecule has 0 aromatic carbocycles. The minimum absolute atomic E-state index is 0.191. The molecule has 0 saturated carbocycles. The van der Waals surface area contributed by atoms with Gasteiger partial charge in [0, 0.05) is 9.62 Å². The molecule has 6 heteroatoms. The SMILES string of the molecule is CC(C)(C)SCc1noc(C(N)c2cccs2)n1. The Bertz CT molecular complexity index is 488. The van der Waals surface area contributed by atoms with Crippen LogP contribution in [0.2, 0.25) is 0 Å². The summed E-state index contributed by atoms with van der Waals surface area (Å²) in [7, 11) is 0. The quantitative estimate of drug-likeness (QED) is 0.933. The highest BCUT2D eigenvalue weighted by molar-refractivity contribution is 7.99. The molecule has 0 amide bonds. The van der Waals surface area contributed by atoms with Gasteiger partial charge < -0.3 is 10.3 Å². The van der Waals surface area contributed by atoms with Gasteiger partial charge in [0.25, 0.3) is 0 Å². The van der Waals surface area contributed by atoms with Crippen molar-refractivity contribution in [3.8, 4) is 0 Å². The van der Waals surface area contributed by atoms with Crippen LogP contribution in [0.15, 0.2) is 22.0 Å². The largest absolute Gasteiger partial charge is 0.337 e. The third-order valence-corrected chi connectivity index (χ3v) is 4.46. The van der Waals surface area contributed by atoms with E-state index < -0.39 is 0 Å². The van der Waals surface area contributed by atoms with Gasteiger partial charge in [-0.15, -0.1) is 23.1 Å². The topological polar surface area (TPSA) is 64.9 Å². The molecule has 1 unspecified atom stereocenters. The van der Waals surface area contributed by atoms with Crippen molar-refractivity contribution in [1.29, 1.82) is 0 Å². The number of aromatic nitrogens is 2. The summed E-state index contributed by atoms with van der Waals surface area (Å²) in [5, 5.41) is 5.96. The number of nitrogens with zero attached hydrogens (tertiary/aromatic N) is 2. The molecule has 0 saturated heterocycles. The summed E-state index contributed by atoms with van der Waals surface area (Å²) >= 11 is 3.38. The minimum Gasteiger partial charge on any atom is -0.337 e. The van der Waals surface area contributed by atoms with Gasteiger partial charge in [-0.3, -0.25) is 0 Å². The van der Waals surface area contributed by atoms with Crippen molar-refractivity contribution in [1.82, 2.24) is 10.1 Å². The molecular weight excluding hydrogens is 266 g/mol. The van der Waals surface area contributed by atoms with Crippen LogP contribution in [0, 0.1) is 0 Å². The normalized spacial score (nSPS) is 13.8. The Kier molecular flexibility index (Phi) is 4.09. The highest BCUT2D eigenvalue weighted by Crippen LogP contribution is 2.27. The molecule has 2 N–H and O–H groups in total. The fraction of sp³-hybridized carbons (Fsp3) is 0.500. The lowest BCUT2D eigenvalue weighted by Gasteiger charge is -2.15. The Morgan fingerprint density at radius 3 is 2.89 bits per heavy atom. The first kappa shape index (κ1) is 13.6. The van der Waals surface area contributed by atoms with E-state index in [1.54, 1.807) is 23.1 Å². The summed E-state index contributed by atoms with van der Waals surface area (Å²) in [6.07, 6.45) is 0. The van der Waals surface area contributed by atoms with Crippen molar-refractivity contribution < 1.29 is 4.52 Å². The summed E-state index contributed by atoms with van der Waals surface area (Å²) in [6, 6.07) is 3.63. The van der Waals surface area contributed by atoms with E-state index in [0.29, 0.717) is 11.7 Å². The monoisotopic (exact) mass is 283 g/mol. The Hall–Kier alpha value is -0.850. The number of thioether (sulfide) groups is 1. The van der Waals surface area contributed by atoms with Gasteiger partial charge in [-0.25, -0.2) is 0 Å². The van der Waals surface area contributed by atoms with E-state index in [-0.39, 0.29) is 10.8 Å². The average molecular weight is 283 g/mol. The van der Waals surface area contributed by atoms with Gasteiger partial charge in [0.05, 0.1) is 5.75 Å². The maximum absolute atomic E-state index is 6.06. The zero-order valence-corrected chi connectivity index (χ0v) is 12.3. The molecule has 1 atom stereocenters. The molecule has 0 radical (unpaired) electrons. The first-order valence-corrected chi connectivity index (χ1v) is 7.57. The first-order valence-electron chi connectivity index (χ1n) is 5.71. The highest BCUT2D eigenvalue weighted by Gasteiger charge is 2.19. The van der Waals surface area contributed by atoms with Crippen LogP contribution in [0.5, 0.6) is 0 Å². The van der Waals surface area contributed by atoms with Gasteiger partial charge in [-0.2, -0.15) is 4.98 Å². The van der Waals surface area contributed by atoms with Gasteiger partial charge in [0.15, 0.2) is 5.82 Å². The van der Waals surface area contributed by atoms with Gasteiger partial charge in [0.2, 0.25) is 5.89 Å². The number of nitrogens with two attached hydrogens (primary N) is 1. The summed E-state index contributed by atoms with van der Waals surface area (Å²) in [6.45, 7) is 6.49. The number of hydrogen-bond donors (Lipinski definition) is 1. The second-order valence-corrected chi connectivity index (χ2v) is 7.72. The number of rotatable bonds is 4. The third-order valence-electron chi connectivity index (χ3n) is 2.23. The van der Waals surface area contributed by atoms with Crippen molar-refractivity contribution in [3.05, 3.63) is 34.1 Å².